The molecule has 0 aromatic heterocycles. The SMILES string of the molecule is CC(C)c1ccc(CC(=O)N(C2CCC(C(C)(C)C)CC2)C2C=Cc3ccccc32)cc1. The van der Waals surface area contributed by atoms with E-state index in [9.17, 15) is 4.79 Å². The molecule has 170 valence electrons. The van der Waals surface area contributed by atoms with Gasteiger partial charge in [-0.3, -0.25) is 4.79 Å². The standard InChI is InChI=1S/C30H39NO/c1-21(2)23-12-10-22(11-13-23)20-29(32)31(26-17-15-25(16-18-26)30(3,4)5)28-19-14-24-8-6-7-9-27(24)28/h6-14,19,21,25-26,28H,15-18,20H2,1-5H3. The Hall–Kier alpha value is -2.35. The minimum atomic E-state index is 0.0600. The van der Waals surface area contributed by atoms with E-state index >= 15 is 0 Å². The molecule has 2 aliphatic carbocycles. The first kappa shape index (κ1) is 22.8. The van der Waals surface area contributed by atoms with Crippen LogP contribution in [0, 0.1) is 11.3 Å². The molecule has 0 bridgehead atoms. The van der Waals surface area contributed by atoms with E-state index in [2.05, 4.69) is 100 Å². The highest BCUT2D eigenvalue weighted by Crippen LogP contribution is 2.42. The molecule has 2 nitrogen and oxygen atoms in total. The van der Waals surface area contributed by atoms with Gasteiger partial charge in [0.25, 0.3) is 0 Å². The Labute approximate surface area is 194 Å². The molecule has 0 spiro atoms. The maximum absolute atomic E-state index is 13.8. The van der Waals surface area contributed by atoms with E-state index in [4.69, 9.17) is 0 Å². The van der Waals surface area contributed by atoms with E-state index in [1.54, 1.807) is 0 Å². The van der Waals surface area contributed by atoms with Gasteiger partial charge >= 0.3 is 0 Å². The van der Waals surface area contributed by atoms with E-state index in [0.29, 0.717) is 23.8 Å². The summed E-state index contributed by atoms with van der Waals surface area (Å²) in [5.41, 5.74) is 5.31. The van der Waals surface area contributed by atoms with E-state index in [1.807, 2.05) is 0 Å². The number of benzene rings is 2. The summed E-state index contributed by atoms with van der Waals surface area (Å²) in [7, 11) is 0. The third-order valence-corrected chi connectivity index (χ3v) is 7.68. The lowest BCUT2D eigenvalue weighted by molar-refractivity contribution is -0.135. The molecule has 2 aliphatic rings. The highest BCUT2D eigenvalue weighted by Gasteiger charge is 2.37. The zero-order valence-corrected chi connectivity index (χ0v) is 20.5. The number of carbonyl (C=O) groups excluding carboxylic acids is 1. The van der Waals surface area contributed by atoms with Crippen molar-refractivity contribution in [2.75, 3.05) is 0 Å². The second kappa shape index (κ2) is 9.25. The topological polar surface area (TPSA) is 20.3 Å². The molecule has 0 N–H and O–H groups in total. The molecule has 1 saturated carbocycles. The molecule has 0 radical (unpaired) electrons. The van der Waals surface area contributed by atoms with Crippen molar-refractivity contribution in [1.82, 2.24) is 4.90 Å². The molecule has 1 unspecified atom stereocenters. The van der Waals surface area contributed by atoms with Crippen LogP contribution in [0.15, 0.2) is 54.6 Å². The van der Waals surface area contributed by atoms with Gasteiger partial charge in [-0.15, -0.1) is 0 Å². The average Bonchev–Trinajstić information content (AvgIpc) is 3.18. The van der Waals surface area contributed by atoms with Crippen LogP contribution in [0.2, 0.25) is 0 Å². The van der Waals surface area contributed by atoms with Crippen LogP contribution < -0.4 is 0 Å². The van der Waals surface area contributed by atoms with Gasteiger partial charge < -0.3 is 4.90 Å². The molecule has 0 saturated heterocycles. The highest BCUT2D eigenvalue weighted by molar-refractivity contribution is 5.81. The molecule has 1 fully saturated rings. The molecular weight excluding hydrogens is 390 g/mol. The van der Waals surface area contributed by atoms with Crippen LogP contribution in [-0.2, 0) is 11.2 Å². The Balaban J connectivity index is 1.57. The second-order valence-corrected chi connectivity index (χ2v) is 11.2. The van der Waals surface area contributed by atoms with Gasteiger partial charge in [-0.25, -0.2) is 0 Å². The van der Waals surface area contributed by atoms with Crippen LogP contribution in [0.1, 0.15) is 94.5 Å². The summed E-state index contributed by atoms with van der Waals surface area (Å²) < 4.78 is 0. The van der Waals surface area contributed by atoms with Gasteiger partial charge in [0.2, 0.25) is 5.91 Å². The Bertz CT molecular complexity index is 955. The van der Waals surface area contributed by atoms with Crippen LogP contribution in [0.3, 0.4) is 0 Å². The highest BCUT2D eigenvalue weighted by atomic mass is 16.2. The molecule has 4 rings (SSSR count). The fourth-order valence-corrected chi connectivity index (χ4v) is 5.57. The van der Waals surface area contributed by atoms with Crippen molar-refractivity contribution in [3.8, 4) is 0 Å². The first-order valence-electron chi connectivity index (χ1n) is 12.4. The van der Waals surface area contributed by atoms with Crippen LogP contribution >= 0.6 is 0 Å². The smallest absolute Gasteiger partial charge is 0.228 e. The number of amides is 1. The Morgan fingerprint density at radius 2 is 1.62 bits per heavy atom. The summed E-state index contributed by atoms with van der Waals surface area (Å²) in [6.07, 6.45) is 9.53. The van der Waals surface area contributed by atoms with Gasteiger partial charge in [0.15, 0.2) is 0 Å². The fourth-order valence-electron chi connectivity index (χ4n) is 5.57. The number of nitrogens with zero attached hydrogens (tertiary/aromatic N) is 1. The van der Waals surface area contributed by atoms with Crippen molar-refractivity contribution in [2.24, 2.45) is 11.3 Å². The largest absolute Gasteiger partial charge is 0.329 e. The molecule has 0 aliphatic heterocycles. The minimum absolute atomic E-state index is 0.0600. The van der Waals surface area contributed by atoms with Crippen LogP contribution in [-0.4, -0.2) is 16.8 Å². The van der Waals surface area contributed by atoms with E-state index in [0.717, 1.165) is 24.3 Å². The lowest BCUT2D eigenvalue weighted by Crippen LogP contribution is -2.45. The lowest BCUT2D eigenvalue weighted by atomic mass is 9.71. The maximum Gasteiger partial charge on any atom is 0.228 e. The van der Waals surface area contributed by atoms with E-state index in [-0.39, 0.29) is 11.9 Å². The summed E-state index contributed by atoms with van der Waals surface area (Å²) >= 11 is 0. The fraction of sp³-hybridized carbons (Fsp3) is 0.500. The predicted molar refractivity (Wildman–Crippen MR) is 134 cm³/mol. The maximum atomic E-state index is 13.8. The number of hydrogen-bond donors (Lipinski definition) is 0. The summed E-state index contributed by atoms with van der Waals surface area (Å²) in [4.78, 5) is 16.0. The normalized spacial score (nSPS) is 22.8. The zero-order valence-electron chi connectivity index (χ0n) is 20.5. The van der Waals surface area contributed by atoms with Crippen molar-refractivity contribution in [2.45, 2.75) is 84.7 Å². The van der Waals surface area contributed by atoms with Gasteiger partial charge in [-0.2, -0.15) is 0 Å². The van der Waals surface area contributed by atoms with Crippen LogP contribution in [0.4, 0.5) is 0 Å². The van der Waals surface area contributed by atoms with Gasteiger partial charge in [0.1, 0.15) is 0 Å². The molecule has 2 aromatic rings. The Kier molecular flexibility index (Phi) is 6.60. The predicted octanol–water partition coefficient (Wildman–Crippen LogP) is 7.55. The minimum Gasteiger partial charge on any atom is -0.329 e. The zero-order chi connectivity index (χ0) is 22.9. The summed E-state index contributed by atoms with van der Waals surface area (Å²) in [5, 5.41) is 0. The summed E-state index contributed by atoms with van der Waals surface area (Å²) in [6.45, 7) is 11.5. The first-order valence-corrected chi connectivity index (χ1v) is 12.4. The summed E-state index contributed by atoms with van der Waals surface area (Å²) in [5.74, 6) is 1.51. The Morgan fingerprint density at radius 3 is 2.25 bits per heavy atom. The average molecular weight is 430 g/mol. The van der Waals surface area contributed by atoms with E-state index < -0.39 is 0 Å². The molecule has 1 amide bonds. The molecule has 2 aromatic carbocycles. The quantitative estimate of drug-likeness (QED) is 0.480. The van der Waals surface area contributed by atoms with Gasteiger partial charge in [-0.1, -0.05) is 95.3 Å². The van der Waals surface area contributed by atoms with Crippen molar-refractivity contribution in [3.05, 3.63) is 76.9 Å². The van der Waals surface area contributed by atoms with Crippen molar-refractivity contribution >= 4 is 12.0 Å². The van der Waals surface area contributed by atoms with Crippen molar-refractivity contribution in [1.29, 1.82) is 0 Å². The van der Waals surface area contributed by atoms with Gasteiger partial charge in [0, 0.05) is 6.04 Å². The van der Waals surface area contributed by atoms with Crippen LogP contribution in [0.25, 0.3) is 6.08 Å². The molecular formula is C30H39NO. The van der Waals surface area contributed by atoms with E-state index in [1.165, 1.54) is 29.5 Å². The third-order valence-electron chi connectivity index (χ3n) is 7.68. The lowest BCUT2D eigenvalue weighted by Gasteiger charge is -2.43. The third kappa shape index (κ3) is 4.85. The van der Waals surface area contributed by atoms with Gasteiger partial charge in [0.05, 0.1) is 12.5 Å². The van der Waals surface area contributed by atoms with Crippen molar-refractivity contribution < 1.29 is 4.79 Å². The molecule has 0 heterocycles. The van der Waals surface area contributed by atoms with Crippen LogP contribution in [0.5, 0.6) is 0 Å². The summed E-state index contributed by atoms with van der Waals surface area (Å²) in [6, 6.07) is 17.6. The molecule has 32 heavy (non-hydrogen) atoms. The van der Waals surface area contributed by atoms with Crippen molar-refractivity contribution in [3.63, 3.8) is 0 Å². The number of hydrogen-bond acceptors (Lipinski definition) is 1. The number of fused-ring (bicyclic) bond motifs is 1. The molecule has 1 atom stereocenters. The first-order chi connectivity index (χ1) is 15.2. The molecule has 2 heteroatoms. The Morgan fingerprint density at radius 1 is 0.969 bits per heavy atom. The number of rotatable bonds is 5. The monoisotopic (exact) mass is 429 g/mol. The number of carbonyl (C=O) groups is 1. The van der Waals surface area contributed by atoms with Gasteiger partial charge in [-0.05, 0) is 65.2 Å². The second-order valence-electron chi connectivity index (χ2n) is 11.2.